The fourth-order valence-electron chi connectivity index (χ4n) is 4.82. The number of carbonyl (C=O) groups is 2. The largest absolute Gasteiger partial charge is 0.444 e. The molecule has 3 aromatic rings. The van der Waals surface area contributed by atoms with Gasteiger partial charge >= 0.3 is 6.09 Å². The Morgan fingerprint density at radius 1 is 1.24 bits per heavy atom. The van der Waals surface area contributed by atoms with Gasteiger partial charge < -0.3 is 19.1 Å². The van der Waals surface area contributed by atoms with E-state index in [0.717, 1.165) is 34.0 Å². The molecule has 1 aliphatic heterocycles. The molecule has 7 nitrogen and oxygen atoms in total. The summed E-state index contributed by atoms with van der Waals surface area (Å²) in [6.45, 7) is 14.0. The smallest absolute Gasteiger partial charge is 0.410 e. The number of rotatable bonds is 4. The Bertz CT molecular complexity index is 1420. The van der Waals surface area contributed by atoms with Gasteiger partial charge in [-0.2, -0.15) is 0 Å². The molecule has 0 N–H and O–H groups in total. The van der Waals surface area contributed by atoms with E-state index in [1.54, 1.807) is 29.1 Å². The average molecular weight is 521 g/mol. The lowest BCUT2D eigenvalue weighted by atomic mass is 10.0. The Morgan fingerprint density at radius 3 is 2.61 bits per heavy atom. The molecule has 0 unspecified atom stereocenters. The fourth-order valence-corrected chi connectivity index (χ4v) is 4.82. The molecule has 0 spiro atoms. The number of fused-ring (bicyclic) bond motifs is 1. The molecule has 0 bridgehead atoms. The van der Waals surface area contributed by atoms with Crippen LogP contribution in [0.4, 0.5) is 9.18 Å². The standard InChI is InChI=1S/C30H37FN4O3/c1-18(2)33(8)28(36)24-14-23(31)9-10-25(24)35-17-22(27-19(3)15-32-16-26(27)35)13-21-11-12-34(20(21)4)29(37)38-30(5,6)7/h9-10,13-18,20H,11-12H2,1-8H3/b21-13+/t20-/m0/s1. The molecule has 1 fully saturated rings. The first kappa shape index (κ1) is 27.4. The molecule has 2 amide bonds. The molecule has 0 radical (unpaired) electrons. The summed E-state index contributed by atoms with van der Waals surface area (Å²) in [6, 6.07) is 4.14. The van der Waals surface area contributed by atoms with Gasteiger partial charge in [-0.1, -0.05) is 6.08 Å². The van der Waals surface area contributed by atoms with Crippen LogP contribution in [0, 0.1) is 12.7 Å². The van der Waals surface area contributed by atoms with E-state index in [1.165, 1.54) is 12.1 Å². The number of likely N-dealkylation sites (tertiary alicyclic amines) is 1. The zero-order valence-electron chi connectivity index (χ0n) is 23.5. The number of ether oxygens (including phenoxy) is 1. The summed E-state index contributed by atoms with van der Waals surface area (Å²) < 4.78 is 21.9. The molecular weight excluding hydrogens is 483 g/mol. The summed E-state index contributed by atoms with van der Waals surface area (Å²) in [4.78, 5) is 33.8. The van der Waals surface area contributed by atoms with Crippen LogP contribution in [0.25, 0.3) is 22.7 Å². The van der Waals surface area contributed by atoms with Gasteiger partial charge in [-0.25, -0.2) is 9.18 Å². The maximum Gasteiger partial charge on any atom is 0.410 e. The van der Waals surface area contributed by atoms with Crippen LogP contribution in [-0.2, 0) is 4.74 Å². The second kappa shape index (κ2) is 10.2. The van der Waals surface area contributed by atoms with Gasteiger partial charge in [-0.3, -0.25) is 9.78 Å². The lowest BCUT2D eigenvalue weighted by molar-refractivity contribution is 0.0249. The number of benzene rings is 1. The first-order valence-corrected chi connectivity index (χ1v) is 13.0. The van der Waals surface area contributed by atoms with E-state index < -0.39 is 11.4 Å². The van der Waals surface area contributed by atoms with Crippen molar-refractivity contribution in [2.45, 2.75) is 72.6 Å². The van der Waals surface area contributed by atoms with Crippen molar-refractivity contribution >= 4 is 29.0 Å². The van der Waals surface area contributed by atoms with Gasteiger partial charge in [-0.15, -0.1) is 0 Å². The van der Waals surface area contributed by atoms with Crippen molar-refractivity contribution in [1.29, 1.82) is 0 Å². The molecule has 1 atom stereocenters. The highest BCUT2D eigenvalue weighted by molar-refractivity contribution is 6.00. The van der Waals surface area contributed by atoms with E-state index in [2.05, 4.69) is 11.1 Å². The Hall–Kier alpha value is -3.68. The van der Waals surface area contributed by atoms with Gasteiger partial charge in [-0.05, 0) is 84.2 Å². The van der Waals surface area contributed by atoms with Crippen LogP contribution in [0.1, 0.15) is 69.4 Å². The van der Waals surface area contributed by atoms with Crippen molar-refractivity contribution in [2.24, 2.45) is 0 Å². The summed E-state index contributed by atoms with van der Waals surface area (Å²) in [5, 5.41) is 0.996. The number of pyridine rings is 1. The first-order chi connectivity index (χ1) is 17.8. The fraction of sp³-hybridized carbons (Fsp3) is 0.433. The van der Waals surface area contributed by atoms with Crippen LogP contribution in [0.5, 0.6) is 0 Å². The highest BCUT2D eigenvalue weighted by Gasteiger charge is 2.33. The van der Waals surface area contributed by atoms with Gasteiger partial charge in [0.15, 0.2) is 0 Å². The maximum atomic E-state index is 14.3. The quantitative estimate of drug-likeness (QED) is 0.401. The molecule has 3 heterocycles. The summed E-state index contributed by atoms with van der Waals surface area (Å²) >= 11 is 0. The minimum Gasteiger partial charge on any atom is -0.444 e. The Balaban J connectivity index is 1.81. The van der Waals surface area contributed by atoms with E-state index >= 15 is 0 Å². The van der Waals surface area contributed by atoms with Crippen molar-refractivity contribution in [3.63, 3.8) is 0 Å². The summed E-state index contributed by atoms with van der Waals surface area (Å²) in [5.74, 6) is -0.723. The molecule has 38 heavy (non-hydrogen) atoms. The SMILES string of the molecule is Cc1cncc2c1c(/C=C1\CCN(C(=O)OC(C)(C)C)[C@H]1C)cn2-c1ccc(F)cc1C(=O)N(C)C(C)C. The number of aryl methyl sites for hydroxylation is 1. The monoisotopic (exact) mass is 520 g/mol. The molecule has 4 rings (SSSR count). The number of aromatic nitrogens is 2. The summed E-state index contributed by atoms with van der Waals surface area (Å²) in [7, 11) is 1.72. The van der Waals surface area contributed by atoms with Crippen LogP contribution in [0.15, 0.2) is 42.4 Å². The van der Waals surface area contributed by atoms with Crippen molar-refractivity contribution in [1.82, 2.24) is 19.4 Å². The van der Waals surface area contributed by atoms with Crippen LogP contribution in [0.3, 0.4) is 0 Å². The number of nitrogens with zero attached hydrogens (tertiary/aromatic N) is 4. The van der Waals surface area contributed by atoms with E-state index in [1.807, 2.05) is 65.4 Å². The molecule has 202 valence electrons. The lowest BCUT2D eigenvalue weighted by Crippen LogP contribution is -2.38. The third kappa shape index (κ3) is 5.30. The van der Waals surface area contributed by atoms with Crippen LogP contribution < -0.4 is 0 Å². The Kier molecular flexibility index (Phi) is 7.37. The second-order valence-corrected chi connectivity index (χ2v) is 11.3. The van der Waals surface area contributed by atoms with E-state index in [9.17, 15) is 14.0 Å². The van der Waals surface area contributed by atoms with Crippen LogP contribution in [-0.4, -0.2) is 62.6 Å². The van der Waals surface area contributed by atoms with Gasteiger partial charge in [0.05, 0.1) is 29.0 Å². The predicted molar refractivity (Wildman–Crippen MR) is 148 cm³/mol. The highest BCUT2D eigenvalue weighted by Crippen LogP contribution is 2.34. The number of carbonyl (C=O) groups excluding carboxylic acids is 2. The Morgan fingerprint density at radius 2 is 1.95 bits per heavy atom. The molecule has 1 saturated heterocycles. The second-order valence-electron chi connectivity index (χ2n) is 11.3. The molecule has 1 aromatic carbocycles. The minimum atomic E-state index is -0.561. The van der Waals surface area contributed by atoms with E-state index in [-0.39, 0.29) is 29.6 Å². The molecule has 0 aliphatic carbocycles. The third-order valence-electron chi connectivity index (χ3n) is 7.09. The van der Waals surface area contributed by atoms with Crippen molar-refractivity contribution in [3.8, 4) is 5.69 Å². The predicted octanol–water partition coefficient (Wildman–Crippen LogP) is 6.37. The lowest BCUT2D eigenvalue weighted by Gasteiger charge is -2.27. The summed E-state index contributed by atoms with van der Waals surface area (Å²) in [5.41, 5.74) is 4.17. The maximum absolute atomic E-state index is 14.3. The number of amides is 2. The van der Waals surface area contributed by atoms with E-state index in [4.69, 9.17) is 4.74 Å². The number of hydrogen-bond donors (Lipinski definition) is 0. The number of hydrogen-bond acceptors (Lipinski definition) is 4. The van der Waals surface area contributed by atoms with E-state index in [0.29, 0.717) is 12.2 Å². The molecule has 1 aliphatic rings. The topological polar surface area (TPSA) is 67.7 Å². The van der Waals surface area contributed by atoms with Crippen molar-refractivity contribution < 1.29 is 18.7 Å². The average Bonchev–Trinajstić information content (AvgIpc) is 3.38. The van der Waals surface area contributed by atoms with Crippen LogP contribution >= 0.6 is 0 Å². The number of halogens is 1. The zero-order valence-corrected chi connectivity index (χ0v) is 23.5. The third-order valence-corrected chi connectivity index (χ3v) is 7.09. The van der Waals surface area contributed by atoms with Gasteiger partial charge in [0.25, 0.3) is 5.91 Å². The summed E-state index contributed by atoms with van der Waals surface area (Å²) in [6.07, 6.45) is 8.07. The van der Waals surface area contributed by atoms with Gasteiger partial charge in [0.2, 0.25) is 0 Å². The highest BCUT2D eigenvalue weighted by atomic mass is 19.1. The molecule has 0 saturated carbocycles. The minimum absolute atomic E-state index is 0.0407. The van der Waals surface area contributed by atoms with Crippen molar-refractivity contribution in [2.75, 3.05) is 13.6 Å². The first-order valence-electron chi connectivity index (χ1n) is 13.0. The molecule has 2 aromatic heterocycles. The Labute approximate surface area is 223 Å². The molecule has 8 heteroatoms. The van der Waals surface area contributed by atoms with Crippen molar-refractivity contribution in [3.05, 3.63) is 64.9 Å². The molecular formula is C30H37FN4O3. The van der Waals surface area contributed by atoms with Crippen LogP contribution in [0.2, 0.25) is 0 Å². The normalized spacial score (nSPS) is 17.1. The van der Waals surface area contributed by atoms with Gasteiger partial charge in [0.1, 0.15) is 11.4 Å². The van der Waals surface area contributed by atoms with Gasteiger partial charge in [0, 0.05) is 43.0 Å². The zero-order chi connectivity index (χ0) is 27.9.